The van der Waals surface area contributed by atoms with E-state index in [9.17, 15) is 14.0 Å². The Morgan fingerprint density at radius 1 is 1.00 bits per heavy atom. The Kier molecular flexibility index (Phi) is 8.82. The van der Waals surface area contributed by atoms with Crippen molar-refractivity contribution in [2.45, 2.75) is 76.7 Å². The highest BCUT2D eigenvalue weighted by molar-refractivity contribution is 5.35. The van der Waals surface area contributed by atoms with Crippen LogP contribution in [0.3, 0.4) is 0 Å². The second-order valence-corrected chi connectivity index (χ2v) is 9.52. The number of benzene rings is 2. The first kappa shape index (κ1) is 24.4. The molecule has 172 valence electrons. The molecule has 0 aliphatic heterocycles. The van der Waals surface area contributed by atoms with Crippen LogP contribution in [0.2, 0.25) is 0 Å². The summed E-state index contributed by atoms with van der Waals surface area (Å²) in [5, 5.41) is 10.4. The summed E-state index contributed by atoms with van der Waals surface area (Å²) < 4.78 is 27.8. The minimum atomic E-state index is -0.857. The van der Waals surface area contributed by atoms with E-state index in [4.69, 9.17) is 0 Å². The molecular formula is C28H36F2N2. The van der Waals surface area contributed by atoms with Crippen molar-refractivity contribution in [3.63, 3.8) is 0 Å². The van der Waals surface area contributed by atoms with E-state index in [0.29, 0.717) is 18.0 Å². The van der Waals surface area contributed by atoms with Crippen molar-refractivity contribution >= 4 is 0 Å². The molecule has 1 saturated carbocycles. The molecule has 4 heteroatoms. The molecule has 0 aromatic heterocycles. The molecule has 1 fully saturated rings. The lowest BCUT2D eigenvalue weighted by Gasteiger charge is -2.39. The predicted octanol–water partition coefficient (Wildman–Crippen LogP) is 7.04. The number of nitriles is 1. The zero-order valence-electron chi connectivity index (χ0n) is 19.5. The molecule has 2 nitrogen and oxygen atoms in total. The van der Waals surface area contributed by atoms with E-state index >= 15 is 0 Å². The third-order valence-electron chi connectivity index (χ3n) is 7.21. The van der Waals surface area contributed by atoms with Gasteiger partial charge in [-0.3, -0.25) is 0 Å². The van der Waals surface area contributed by atoms with Gasteiger partial charge in [0.15, 0.2) is 11.6 Å². The predicted molar refractivity (Wildman–Crippen MR) is 126 cm³/mol. The Morgan fingerprint density at radius 3 is 2.34 bits per heavy atom. The second-order valence-electron chi connectivity index (χ2n) is 9.52. The Hall–Kier alpha value is -2.25. The van der Waals surface area contributed by atoms with Crippen LogP contribution in [-0.2, 0) is 11.8 Å². The molecule has 0 N–H and O–H groups in total. The maximum absolute atomic E-state index is 14.1. The van der Waals surface area contributed by atoms with E-state index in [1.165, 1.54) is 24.1 Å². The van der Waals surface area contributed by atoms with Gasteiger partial charge in [-0.25, -0.2) is 8.78 Å². The van der Waals surface area contributed by atoms with E-state index in [1.807, 2.05) is 6.07 Å². The van der Waals surface area contributed by atoms with Crippen molar-refractivity contribution in [1.29, 1.82) is 5.26 Å². The molecule has 1 atom stereocenters. The number of rotatable bonds is 10. The van der Waals surface area contributed by atoms with Crippen LogP contribution in [0.15, 0.2) is 48.5 Å². The Balaban J connectivity index is 1.73. The standard InChI is InChI=1S/C28H36F2N2/c1-22(2)32(19-16-23-10-5-3-6-11-23)18-9-17-28(21-31,24-12-7-4-8-13-24)25-14-15-26(29)27(30)20-25/h3,5-6,10-11,14-15,20,22,24H,4,7-9,12-13,16-19H2,1-2H3. The average molecular weight is 439 g/mol. The zero-order valence-corrected chi connectivity index (χ0v) is 19.5. The van der Waals surface area contributed by atoms with E-state index in [2.05, 4.69) is 49.1 Å². The fourth-order valence-corrected chi connectivity index (χ4v) is 5.27. The first-order chi connectivity index (χ1) is 15.5. The zero-order chi connectivity index (χ0) is 23.0. The van der Waals surface area contributed by atoms with Crippen LogP contribution in [0.5, 0.6) is 0 Å². The topological polar surface area (TPSA) is 27.0 Å². The molecule has 1 unspecified atom stereocenters. The molecule has 2 aromatic rings. The lowest BCUT2D eigenvalue weighted by molar-refractivity contribution is 0.193. The molecule has 1 aliphatic rings. The van der Waals surface area contributed by atoms with E-state index in [0.717, 1.165) is 51.6 Å². The molecule has 0 heterocycles. The fraction of sp³-hybridized carbons (Fsp3) is 0.536. The van der Waals surface area contributed by atoms with Crippen molar-refractivity contribution in [1.82, 2.24) is 4.90 Å². The van der Waals surface area contributed by atoms with Crippen LogP contribution < -0.4 is 0 Å². The summed E-state index contributed by atoms with van der Waals surface area (Å²) in [7, 11) is 0. The third-order valence-corrected chi connectivity index (χ3v) is 7.21. The molecule has 0 bridgehead atoms. The van der Waals surface area contributed by atoms with Crippen LogP contribution >= 0.6 is 0 Å². The van der Waals surface area contributed by atoms with Crippen molar-refractivity contribution in [3.05, 3.63) is 71.3 Å². The normalized spacial score (nSPS) is 16.8. The largest absolute Gasteiger partial charge is 0.301 e. The smallest absolute Gasteiger partial charge is 0.159 e. The van der Waals surface area contributed by atoms with Gasteiger partial charge in [-0.05, 0) is 81.7 Å². The SMILES string of the molecule is CC(C)N(CCCC(C#N)(c1ccc(F)c(F)c1)C1CCCCC1)CCc1ccccc1. The van der Waals surface area contributed by atoms with Crippen LogP contribution in [0.25, 0.3) is 0 Å². The molecular weight excluding hydrogens is 402 g/mol. The van der Waals surface area contributed by atoms with Crippen molar-refractivity contribution < 1.29 is 8.78 Å². The average Bonchev–Trinajstić information content (AvgIpc) is 2.82. The summed E-state index contributed by atoms with van der Waals surface area (Å²) in [5.41, 5.74) is 1.22. The summed E-state index contributed by atoms with van der Waals surface area (Å²) in [4.78, 5) is 2.46. The Bertz CT molecular complexity index is 884. The minimum Gasteiger partial charge on any atom is -0.301 e. The summed E-state index contributed by atoms with van der Waals surface area (Å²) in [6.07, 6.45) is 7.89. The van der Waals surface area contributed by atoms with Gasteiger partial charge in [-0.2, -0.15) is 5.26 Å². The third kappa shape index (κ3) is 5.95. The summed E-state index contributed by atoms with van der Waals surface area (Å²) in [6.45, 7) is 6.28. The van der Waals surface area contributed by atoms with Gasteiger partial charge in [-0.1, -0.05) is 55.7 Å². The molecule has 1 aliphatic carbocycles. The fourth-order valence-electron chi connectivity index (χ4n) is 5.27. The van der Waals surface area contributed by atoms with Crippen LogP contribution in [0.1, 0.15) is 69.9 Å². The molecule has 0 radical (unpaired) electrons. The molecule has 2 aromatic carbocycles. The van der Waals surface area contributed by atoms with Gasteiger partial charge in [-0.15, -0.1) is 0 Å². The van der Waals surface area contributed by atoms with Crippen LogP contribution in [0, 0.1) is 28.9 Å². The first-order valence-corrected chi connectivity index (χ1v) is 12.1. The van der Waals surface area contributed by atoms with E-state index < -0.39 is 17.0 Å². The quantitative estimate of drug-likeness (QED) is 0.398. The minimum absolute atomic E-state index is 0.197. The van der Waals surface area contributed by atoms with Crippen molar-refractivity contribution in [2.24, 2.45) is 5.92 Å². The highest BCUT2D eigenvalue weighted by Gasteiger charge is 2.41. The molecule has 0 amide bonds. The summed E-state index contributed by atoms with van der Waals surface area (Å²) in [5.74, 6) is -1.51. The van der Waals surface area contributed by atoms with E-state index in [-0.39, 0.29) is 5.92 Å². The number of halogens is 2. The lowest BCUT2D eigenvalue weighted by atomic mass is 9.63. The maximum atomic E-state index is 14.1. The second kappa shape index (κ2) is 11.6. The number of hydrogen-bond acceptors (Lipinski definition) is 2. The van der Waals surface area contributed by atoms with Gasteiger partial charge >= 0.3 is 0 Å². The summed E-state index contributed by atoms with van der Waals surface area (Å²) >= 11 is 0. The molecule has 32 heavy (non-hydrogen) atoms. The summed E-state index contributed by atoms with van der Waals surface area (Å²) in [6, 6.07) is 17.6. The van der Waals surface area contributed by atoms with E-state index in [1.54, 1.807) is 6.07 Å². The van der Waals surface area contributed by atoms with Gasteiger partial charge in [0.2, 0.25) is 0 Å². The molecule has 0 spiro atoms. The van der Waals surface area contributed by atoms with Gasteiger partial charge in [0.05, 0.1) is 11.5 Å². The number of hydrogen-bond donors (Lipinski definition) is 0. The van der Waals surface area contributed by atoms with Crippen LogP contribution in [-0.4, -0.2) is 24.0 Å². The van der Waals surface area contributed by atoms with Gasteiger partial charge in [0.25, 0.3) is 0 Å². The Morgan fingerprint density at radius 2 is 1.72 bits per heavy atom. The van der Waals surface area contributed by atoms with Gasteiger partial charge < -0.3 is 4.90 Å². The molecule has 3 rings (SSSR count). The number of nitrogens with zero attached hydrogens (tertiary/aromatic N) is 2. The highest BCUT2D eigenvalue weighted by Crippen LogP contribution is 2.44. The lowest BCUT2D eigenvalue weighted by Crippen LogP contribution is -2.38. The maximum Gasteiger partial charge on any atom is 0.159 e. The molecule has 0 saturated heterocycles. The van der Waals surface area contributed by atoms with Crippen LogP contribution in [0.4, 0.5) is 8.78 Å². The monoisotopic (exact) mass is 438 g/mol. The van der Waals surface area contributed by atoms with Gasteiger partial charge in [0, 0.05) is 12.6 Å². The Labute approximate surface area is 192 Å². The van der Waals surface area contributed by atoms with Gasteiger partial charge in [0.1, 0.15) is 0 Å². The van der Waals surface area contributed by atoms with Crippen molar-refractivity contribution in [2.75, 3.05) is 13.1 Å². The highest BCUT2D eigenvalue weighted by atomic mass is 19.2. The first-order valence-electron chi connectivity index (χ1n) is 12.1. The van der Waals surface area contributed by atoms with Crippen molar-refractivity contribution in [3.8, 4) is 6.07 Å².